The summed E-state index contributed by atoms with van der Waals surface area (Å²) in [5, 5.41) is 26.2. The number of aromatic carboxylic acids is 1. The zero-order valence-electron chi connectivity index (χ0n) is 10.5. The zero-order chi connectivity index (χ0) is 15.0. The standard InChI is InChI=1S/C14H7ClN4O2/c15-11-5-10(14(20)21)7-19-12(17-18-13(11)19)9-3-1-2-8(4-9)6-16/h1-5,7H,(H,20,21). The molecular weight excluding hydrogens is 292 g/mol. The summed E-state index contributed by atoms with van der Waals surface area (Å²) < 4.78 is 1.50. The quantitative estimate of drug-likeness (QED) is 0.785. The lowest BCUT2D eigenvalue weighted by Crippen LogP contribution is -2.00. The maximum atomic E-state index is 11.1. The van der Waals surface area contributed by atoms with Gasteiger partial charge in [-0.1, -0.05) is 23.7 Å². The molecule has 0 saturated carbocycles. The van der Waals surface area contributed by atoms with Crippen LogP contribution in [0.5, 0.6) is 0 Å². The van der Waals surface area contributed by atoms with E-state index in [0.29, 0.717) is 22.6 Å². The van der Waals surface area contributed by atoms with Gasteiger partial charge in [0.2, 0.25) is 0 Å². The minimum atomic E-state index is -1.09. The van der Waals surface area contributed by atoms with Crippen LogP contribution in [0.4, 0.5) is 0 Å². The van der Waals surface area contributed by atoms with Crippen LogP contribution in [0.15, 0.2) is 36.5 Å². The first-order valence-electron chi connectivity index (χ1n) is 5.88. The molecule has 6 nitrogen and oxygen atoms in total. The number of carboxylic acid groups (broad SMARTS) is 1. The molecule has 0 amide bonds. The van der Waals surface area contributed by atoms with Gasteiger partial charge >= 0.3 is 5.97 Å². The molecule has 2 heterocycles. The topological polar surface area (TPSA) is 91.3 Å². The number of hydrogen-bond acceptors (Lipinski definition) is 4. The summed E-state index contributed by atoms with van der Waals surface area (Å²) in [7, 11) is 0. The molecule has 3 aromatic rings. The molecular formula is C14H7ClN4O2. The summed E-state index contributed by atoms with van der Waals surface area (Å²) in [6, 6.07) is 10.2. The lowest BCUT2D eigenvalue weighted by molar-refractivity contribution is 0.0696. The lowest BCUT2D eigenvalue weighted by atomic mass is 10.1. The first kappa shape index (κ1) is 13.1. The van der Waals surface area contributed by atoms with Crippen molar-refractivity contribution in [2.45, 2.75) is 0 Å². The van der Waals surface area contributed by atoms with Crippen molar-refractivity contribution >= 4 is 23.2 Å². The van der Waals surface area contributed by atoms with Gasteiger partial charge in [0.1, 0.15) is 0 Å². The molecule has 2 aromatic heterocycles. The largest absolute Gasteiger partial charge is 0.478 e. The monoisotopic (exact) mass is 298 g/mol. The highest BCUT2D eigenvalue weighted by Gasteiger charge is 2.14. The minimum absolute atomic E-state index is 0.0324. The molecule has 0 aliphatic heterocycles. The van der Waals surface area contributed by atoms with Crippen LogP contribution in [0, 0.1) is 11.3 Å². The van der Waals surface area contributed by atoms with E-state index in [1.807, 2.05) is 6.07 Å². The Bertz CT molecular complexity index is 911. The van der Waals surface area contributed by atoms with Gasteiger partial charge < -0.3 is 5.11 Å². The van der Waals surface area contributed by atoms with Gasteiger partial charge in [-0.15, -0.1) is 10.2 Å². The second-order valence-electron chi connectivity index (χ2n) is 4.29. The van der Waals surface area contributed by atoms with Crippen molar-refractivity contribution in [2.75, 3.05) is 0 Å². The Morgan fingerprint density at radius 3 is 2.86 bits per heavy atom. The first-order chi connectivity index (χ1) is 10.1. The molecule has 0 unspecified atom stereocenters. The fraction of sp³-hybridized carbons (Fsp3) is 0. The third kappa shape index (κ3) is 2.20. The van der Waals surface area contributed by atoms with E-state index >= 15 is 0 Å². The summed E-state index contributed by atoms with van der Waals surface area (Å²) in [5.74, 6) is -0.670. The molecule has 102 valence electrons. The Balaban J connectivity index is 2.28. The molecule has 0 saturated heterocycles. The van der Waals surface area contributed by atoms with E-state index in [1.54, 1.807) is 24.3 Å². The molecule has 0 aliphatic rings. The molecule has 0 fully saturated rings. The van der Waals surface area contributed by atoms with Gasteiger partial charge in [-0.2, -0.15) is 5.26 Å². The van der Waals surface area contributed by atoms with Crippen LogP contribution in [0.1, 0.15) is 15.9 Å². The van der Waals surface area contributed by atoms with Crippen molar-refractivity contribution in [3.8, 4) is 17.5 Å². The van der Waals surface area contributed by atoms with Crippen LogP contribution in [0.25, 0.3) is 17.0 Å². The van der Waals surface area contributed by atoms with E-state index in [4.69, 9.17) is 22.0 Å². The summed E-state index contributed by atoms with van der Waals surface area (Å²) in [6.45, 7) is 0. The summed E-state index contributed by atoms with van der Waals surface area (Å²) in [4.78, 5) is 11.1. The lowest BCUT2D eigenvalue weighted by Gasteiger charge is -2.03. The Labute approximate surface area is 123 Å². The highest BCUT2D eigenvalue weighted by atomic mass is 35.5. The number of nitrogens with zero attached hydrogens (tertiary/aromatic N) is 4. The first-order valence-corrected chi connectivity index (χ1v) is 6.26. The van der Waals surface area contributed by atoms with Crippen molar-refractivity contribution in [3.05, 3.63) is 52.7 Å². The molecule has 0 atom stereocenters. The van der Waals surface area contributed by atoms with Gasteiger partial charge in [0.05, 0.1) is 22.2 Å². The van der Waals surface area contributed by atoms with E-state index in [9.17, 15) is 4.79 Å². The molecule has 7 heteroatoms. The summed E-state index contributed by atoms with van der Waals surface area (Å²) in [5.41, 5.74) is 1.52. The Hall–Kier alpha value is -2.91. The van der Waals surface area contributed by atoms with Crippen molar-refractivity contribution < 1.29 is 9.90 Å². The third-order valence-corrected chi connectivity index (χ3v) is 3.23. The molecule has 0 spiro atoms. The van der Waals surface area contributed by atoms with Crippen molar-refractivity contribution in [2.24, 2.45) is 0 Å². The number of benzene rings is 1. The number of pyridine rings is 1. The number of aromatic nitrogens is 3. The summed E-state index contributed by atoms with van der Waals surface area (Å²) >= 11 is 6.03. The number of nitriles is 1. The molecule has 0 bridgehead atoms. The predicted molar refractivity (Wildman–Crippen MR) is 75.1 cm³/mol. The average molecular weight is 299 g/mol. The molecule has 1 aromatic carbocycles. The SMILES string of the molecule is N#Cc1cccc(-c2nnc3c(Cl)cc(C(=O)O)cn23)c1. The normalized spacial score (nSPS) is 10.5. The van der Waals surface area contributed by atoms with Gasteiger partial charge in [-0.25, -0.2) is 4.79 Å². The van der Waals surface area contributed by atoms with Crippen molar-refractivity contribution in [3.63, 3.8) is 0 Å². The van der Waals surface area contributed by atoms with Gasteiger partial charge in [-0.3, -0.25) is 4.40 Å². The van der Waals surface area contributed by atoms with Gasteiger partial charge in [0, 0.05) is 11.8 Å². The molecule has 21 heavy (non-hydrogen) atoms. The van der Waals surface area contributed by atoms with E-state index in [0.717, 1.165) is 0 Å². The highest BCUT2D eigenvalue weighted by Crippen LogP contribution is 2.24. The van der Waals surface area contributed by atoms with Crippen molar-refractivity contribution in [1.82, 2.24) is 14.6 Å². The van der Waals surface area contributed by atoms with E-state index in [-0.39, 0.29) is 10.6 Å². The van der Waals surface area contributed by atoms with Crippen LogP contribution in [0.3, 0.4) is 0 Å². The maximum absolute atomic E-state index is 11.1. The fourth-order valence-corrected chi connectivity index (χ4v) is 2.24. The van der Waals surface area contributed by atoms with Crippen LogP contribution < -0.4 is 0 Å². The number of fused-ring (bicyclic) bond motifs is 1. The fourth-order valence-electron chi connectivity index (χ4n) is 2.00. The molecule has 0 radical (unpaired) electrons. The number of hydrogen-bond donors (Lipinski definition) is 1. The second kappa shape index (κ2) is 4.89. The Kier molecular flexibility index (Phi) is 3.05. The third-order valence-electron chi connectivity index (χ3n) is 2.96. The zero-order valence-corrected chi connectivity index (χ0v) is 11.2. The molecule has 0 aliphatic carbocycles. The minimum Gasteiger partial charge on any atom is -0.478 e. The number of rotatable bonds is 2. The summed E-state index contributed by atoms with van der Waals surface area (Å²) in [6.07, 6.45) is 1.40. The predicted octanol–water partition coefficient (Wildman–Crippen LogP) is 2.62. The molecule has 1 N–H and O–H groups in total. The number of carboxylic acids is 1. The Morgan fingerprint density at radius 1 is 1.33 bits per heavy atom. The van der Waals surface area contributed by atoms with Crippen LogP contribution in [0.2, 0.25) is 5.02 Å². The van der Waals surface area contributed by atoms with E-state index in [1.165, 1.54) is 16.7 Å². The van der Waals surface area contributed by atoms with E-state index in [2.05, 4.69) is 10.2 Å². The van der Waals surface area contributed by atoms with Crippen LogP contribution in [-0.4, -0.2) is 25.7 Å². The highest BCUT2D eigenvalue weighted by molar-refractivity contribution is 6.33. The number of carbonyl (C=O) groups is 1. The van der Waals surface area contributed by atoms with Gasteiger partial charge in [0.15, 0.2) is 11.5 Å². The second-order valence-corrected chi connectivity index (χ2v) is 4.70. The van der Waals surface area contributed by atoms with E-state index < -0.39 is 5.97 Å². The smallest absolute Gasteiger partial charge is 0.337 e. The Morgan fingerprint density at radius 2 is 2.14 bits per heavy atom. The van der Waals surface area contributed by atoms with Crippen LogP contribution in [-0.2, 0) is 0 Å². The van der Waals surface area contributed by atoms with Crippen molar-refractivity contribution in [1.29, 1.82) is 5.26 Å². The maximum Gasteiger partial charge on any atom is 0.337 e. The van der Waals surface area contributed by atoms with Crippen LogP contribution >= 0.6 is 11.6 Å². The average Bonchev–Trinajstić information content (AvgIpc) is 2.91. The van der Waals surface area contributed by atoms with Gasteiger partial charge in [-0.05, 0) is 18.2 Å². The molecule has 3 rings (SSSR count). The van der Waals surface area contributed by atoms with Gasteiger partial charge in [0.25, 0.3) is 0 Å². The number of halogens is 1.